The van der Waals surface area contributed by atoms with Crippen molar-refractivity contribution in [3.8, 4) is 0 Å². The van der Waals surface area contributed by atoms with Crippen molar-refractivity contribution in [3.05, 3.63) is 11.1 Å². The normalized spacial score (nSPS) is 22.4. The van der Waals surface area contributed by atoms with Gasteiger partial charge in [0.25, 0.3) is 0 Å². The minimum absolute atomic E-state index is 0.0700. The molecule has 2 N–H and O–H groups in total. The number of thiazole rings is 1. The molecule has 1 aliphatic rings. The second-order valence-electron chi connectivity index (χ2n) is 4.70. The maximum Gasteiger partial charge on any atom is 0.185 e. The van der Waals surface area contributed by atoms with Gasteiger partial charge in [-0.1, -0.05) is 0 Å². The van der Waals surface area contributed by atoms with E-state index in [-0.39, 0.29) is 6.04 Å². The Morgan fingerprint density at radius 2 is 2.47 bits per heavy atom. The fraction of sp³-hybridized carbons (Fsp3) is 0.750. The van der Waals surface area contributed by atoms with Crippen molar-refractivity contribution in [1.82, 2.24) is 4.98 Å². The van der Waals surface area contributed by atoms with Gasteiger partial charge in [-0.2, -0.15) is 0 Å². The molecule has 2 heterocycles. The summed E-state index contributed by atoms with van der Waals surface area (Å²) < 4.78 is 5.73. The molecular weight excluding hydrogens is 234 g/mol. The van der Waals surface area contributed by atoms with E-state index < -0.39 is 0 Å². The number of likely N-dealkylation sites (N-methyl/N-ethyl adjacent to an activating group) is 1. The highest BCUT2D eigenvalue weighted by atomic mass is 32.1. The molecule has 5 heteroatoms. The Morgan fingerprint density at radius 1 is 1.65 bits per heavy atom. The minimum atomic E-state index is 0.0700. The average Bonchev–Trinajstić information content (AvgIpc) is 2.79. The van der Waals surface area contributed by atoms with E-state index in [1.165, 1.54) is 12.8 Å². The Bertz CT molecular complexity index is 347. The molecule has 0 spiro atoms. The van der Waals surface area contributed by atoms with Crippen LogP contribution in [0.25, 0.3) is 0 Å². The molecule has 0 saturated carbocycles. The third-order valence-electron chi connectivity index (χ3n) is 3.04. The van der Waals surface area contributed by atoms with E-state index in [2.05, 4.69) is 16.9 Å². The smallest absolute Gasteiger partial charge is 0.185 e. The molecule has 17 heavy (non-hydrogen) atoms. The average molecular weight is 255 g/mol. The molecule has 2 atom stereocenters. The van der Waals surface area contributed by atoms with Gasteiger partial charge in [-0.3, -0.25) is 0 Å². The van der Waals surface area contributed by atoms with Gasteiger partial charge in [0, 0.05) is 37.3 Å². The van der Waals surface area contributed by atoms with Gasteiger partial charge < -0.3 is 15.4 Å². The summed E-state index contributed by atoms with van der Waals surface area (Å²) in [6.45, 7) is 3.81. The van der Waals surface area contributed by atoms with Crippen molar-refractivity contribution in [2.45, 2.75) is 38.3 Å². The molecule has 1 fully saturated rings. The van der Waals surface area contributed by atoms with E-state index in [0.29, 0.717) is 6.10 Å². The third-order valence-corrected chi connectivity index (χ3v) is 4.35. The molecule has 0 aromatic carbocycles. The van der Waals surface area contributed by atoms with Crippen LogP contribution in [0.15, 0.2) is 6.20 Å². The summed E-state index contributed by atoms with van der Waals surface area (Å²) >= 11 is 1.67. The number of ether oxygens (including phenoxy) is 1. The molecule has 1 aliphatic heterocycles. The van der Waals surface area contributed by atoms with Gasteiger partial charge >= 0.3 is 0 Å². The molecule has 0 amide bonds. The summed E-state index contributed by atoms with van der Waals surface area (Å²) in [6, 6.07) is 0.0700. The SMILES string of the molecule is CC(N)c1cnc(N(C)CC2CCCCO2)s1. The largest absolute Gasteiger partial charge is 0.376 e. The molecule has 0 radical (unpaired) electrons. The number of hydrogen-bond donors (Lipinski definition) is 1. The lowest BCUT2D eigenvalue weighted by atomic mass is 10.1. The fourth-order valence-corrected chi connectivity index (χ4v) is 2.84. The first-order valence-electron chi connectivity index (χ1n) is 6.21. The number of nitrogens with zero attached hydrogens (tertiary/aromatic N) is 2. The number of hydrogen-bond acceptors (Lipinski definition) is 5. The number of aromatic nitrogens is 1. The highest BCUT2D eigenvalue weighted by Crippen LogP contribution is 2.26. The monoisotopic (exact) mass is 255 g/mol. The number of anilines is 1. The van der Waals surface area contributed by atoms with Gasteiger partial charge in [-0.05, 0) is 26.2 Å². The van der Waals surface area contributed by atoms with Crippen LogP contribution in [0.2, 0.25) is 0 Å². The molecular formula is C12H21N3OS. The number of nitrogens with two attached hydrogens (primary N) is 1. The molecule has 4 nitrogen and oxygen atoms in total. The zero-order chi connectivity index (χ0) is 12.3. The molecule has 1 aromatic heterocycles. The maximum atomic E-state index is 5.84. The van der Waals surface area contributed by atoms with Crippen LogP contribution in [0.5, 0.6) is 0 Å². The second-order valence-corrected chi connectivity index (χ2v) is 5.74. The van der Waals surface area contributed by atoms with Crippen molar-refractivity contribution < 1.29 is 4.74 Å². The van der Waals surface area contributed by atoms with Gasteiger partial charge in [-0.15, -0.1) is 11.3 Å². The van der Waals surface area contributed by atoms with Gasteiger partial charge in [0.2, 0.25) is 0 Å². The maximum absolute atomic E-state index is 5.84. The van der Waals surface area contributed by atoms with E-state index in [0.717, 1.165) is 29.6 Å². The van der Waals surface area contributed by atoms with E-state index >= 15 is 0 Å². The lowest BCUT2D eigenvalue weighted by Crippen LogP contribution is -2.33. The first kappa shape index (κ1) is 12.8. The minimum Gasteiger partial charge on any atom is -0.376 e. The molecule has 2 unspecified atom stereocenters. The predicted octanol–water partition coefficient (Wildman–Crippen LogP) is 2.17. The predicted molar refractivity (Wildman–Crippen MR) is 71.6 cm³/mol. The van der Waals surface area contributed by atoms with Crippen LogP contribution in [-0.2, 0) is 4.74 Å². The van der Waals surface area contributed by atoms with Crippen LogP contribution in [0.1, 0.15) is 37.1 Å². The molecule has 0 aliphatic carbocycles. The molecule has 96 valence electrons. The van der Waals surface area contributed by atoms with Crippen LogP contribution in [-0.4, -0.2) is 31.3 Å². The Labute approximate surface area is 107 Å². The first-order chi connectivity index (χ1) is 8.16. The molecule has 0 bridgehead atoms. The van der Waals surface area contributed by atoms with E-state index in [9.17, 15) is 0 Å². The molecule has 2 rings (SSSR count). The van der Waals surface area contributed by atoms with Gasteiger partial charge in [0.15, 0.2) is 5.13 Å². The van der Waals surface area contributed by atoms with Crippen LogP contribution in [0.3, 0.4) is 0 Å². The van der Waals surface area contributed by atoms with Crippen LogP contribution < -0.4 is 10.6 Å². The standard InChI is InChI=1S/C12H21N3OS/c1-9(13)11-7-14-12(17-11)15(2)8-10-5-3-4-6-16-10/h7,9-10H,3-6,8,13H2,1-2H3. The van der Waals surface area contributed by atoms with Crippen molar-refractivity contribution in [3.63, 3.8) is 0 Å². The van der Waals surface area contributed by atoms with Gasteiger partial charge in [0.05, 0.1) is 6.10 Å². The zero-order valence-electron chi connectivity index (χ0n) is 10.6. The van der Waals surface area contributed by atoms with Crippen molar-refractivity contribution in [1.29, 1.82) is 0 Å². The summed E-state index contributed by atoms with van der Waals surface area (Å²) in [7, 11) is 2.07. The highest BCUT2D eigenvalue weighted by Gasteiger charge is 2.18. The van der Waals surface area contributed by atoms with Crippen molar-refractivity contribution in [2.75, 3.05) is 25.1 Å². The molecule has 1 saturated heterocycles. The zero-order valence-corrected chi connectivity index (χ0v) is 11.4. The summed E-state index contributed by atoms with van der Waals surface area (Å²) in [5, 5.41) is 1.03. The van der Waals surface area contributed by atoms with E-state index in [4.69, 9.17) is 10.5 Å². The second kappa shape index (κ2) is 5.80. The van der Waals surface area contributed by atoms with Crippen molar-refractivity contribution >= 4 is 16.5 Å². The lowest BCUT2D eigenvalue weighted by Gasteiger charge is -2.27. The molecule has 1 aromatic rings. The number of rotatable bonds is 4. The summed E-state index contributed by atoms with van der Waals surface area (Å²) in [5.74, 6) is 0. The Kier molecular flexibility index (Phi) is 4.36. The summed E-state index contributed by atoms with van der Waals surface area (Å²) in [5.41, 5.74) is 5.84. The quantitative estimate of drug-likeness (QED) is 0.896. The van der Waals surface area contributed by atoms with Crippen LogP contribution in [0, 0.1) is 0 Å². The fourth-order valence-electron chi connectivity index (χ4n) is 2.00. The van der Waals surface area contributed by atoms with Gasteiger partial charge in [-0.25, -0.2) is 4.98 Å². The first-order valence-corrected chi connectivity index (χ1v) is 7.02. The Morgan fingerprint density at radius 3 is 3.06 bits per heavy atom. The Balaban J connectivity index is 1.91. The Hall–Kier alpha value is -0.650. The highest BCUT2D eigenvalue weighted by molar-refractivity contribution is 7.15. The van der Waals surface area contributed by atoms with Crippen LogP contribution in [0.4, 0.5) is 5.13 Å². The van der Waals surface area contributed by atoms with E-state index in [1.807, 2.05) is 13.1 Å². The van der Waals surface area contributed by atoms with Crippen molar-refractivity contribution in [2.24, 2.45) is 5.73 Å². The van der Waals surface area contributed by atoms with Gasteiger partial charge in [0.1, 0.15) is 0 Å². The lowest BCUT2D eigenvalue weighted by molar-refractivity contribution is 0.0216. The third kappa shape index (κ3) is 3.40. The van der Waals surface area contributed by atoms with Crippen LogP contribution >= 0.6 is 11.3 Å². The summed E-state index contributed by atoms with van der Waals surface area (Å²) in [6.07, 6.45) is 5.88. The topological polar surface area (TPSA) is 51.4 Å². The summed E-state index contributed by atoms with van der Waals surface area (Å²) in [4.78, 5) is 7.72. The van der Waals surface area contributed by atoms with E-state index in [1.54, 1.807) is 11.3 Å².